The maximum absolute atomic E-state index is 5.44. The Bertz CT molecular complexity index is 422. The number of aryl methyl sites for hydroxylation is 1. The number of rotatable bonds is 1. The Morgan fingerprint density at radius 1 is 1.46 bits per heavy atom. The van der Waals surface area contributed by atoms with Crippen molar-refractivity contribution in [3.8, 4) is 11.3 Å². The summed E-state index contributed by atoms with van der Waals surface area (Å²) in [6, 6.07) is 5.45. The van der Waals surface area contributed by atoms with Crippen LogP contribution in [0.3, 0.4) is 0 Å². The molecule has 0 saturated carbocycles. The molecular formula is C9H9N3O. The predicted octanol–water partition coefficient (Wildman–Crippen LogP) is 1.63. The maximum atomic E-state index is 5.44. The second kappa shape index (κ2) is 2.90. The zero-order valence-corrected chi connectivity index (χ0v) is 7.19. The van der Waals surface area contributed by atoms with Crippen LogP contribution in [0, 0.1) is 6.92 Å². The molecule has 0 bridgehead atoms. The fourth-order valence-electron chi connectivity index (χ4n) is 1.16. The van der Waals surface area contributed by atoms with E-state index in [1.165, 1.54) is 0 Å². The van der Waals surface area contributed by atoms with Gasteiger partial charge in [0.2, 0.25) is 0 Å². The number of pyridine rings is 1. The Morgan fingerprint density at radius 3 is 2.92 bits per heavy atom. The van der Waals surface area contributed by atoms with Gasteiger partial charge in [-0.3, -0.25) is 4.98 Å². The maximum Gasteiger partial charge on any atom is 0.170 e. The molecule has 0 radical (unpaired) electrons. The summed E-state index contributed by atoms with van der Waals surface area (Å²) >= 11 is 0. The third-order valence-electron chi connectivity index (χ3n) is 1.80. The molecule has 0 aliphatic heterocycles. The van der Waals surface area contributed by atoms with Crippen LogP contribution in [0.2, 0.25) is 0 Å². The van der Waals surface area contributed by atoms with Crippen LogP contribution in [-0.4, -0.2) is 10.1 Å². The molecule has 0 atom stereocenters. The fourth-order valence-corrected chi connectivity index (χ4v) is 1.16. The van der Waals surface area contributed by atoms with Gasteiger partial charge in [-0.05, 0) is 19.1 Å². The van der Waals surface area contributed by atoms with Gasteiger partial charge in [0, 0.05) is 23.5 Å². The lowest BCUT2D eigenvalue weighted by Gasteiger charge is -1.97. The molecule has 0 aliphatic carbocycles. The summed E-state index contributed by atoms with van der Waals surface area (Å²) < 4.78 is 5.02. The molecule has 66 valence electrons. The van der Waals surface area contributed by atoms with Crippen molar-refractivity contribution < 1.29 is 4.52 Å². The van der Waals surface area contributed by atoms with Crippen molar-refractivity contribution >= 4 is 5.82 Å². The molecular weight excluding hydrogens is 166 g/mol. The molecule has 2 rings (SSSR count). The second-order valence-corrected chi connectivity index (χ2v) is 2.75. The highest BCUT2D eigenvalue weighted by molar-refractivity contribution is 5.61. The number of anilines is 1. The Kier molecular flexibility index (Phi) is 1.73. The Morgan fingerprint density at radius 2 is 2.31 bits per heavy atom. The molecule has 0 amide bonds. The van der Waals surface area contributed by atoms with E-state index in [9.17, 15) is 0 Å². The first kappa shape index (κ1) is 7.79. The Hall–Kier alpha value is -1.84. The summed E-state index contributed by atoms with van der Waals surface area (Å²) in [7, 11) is 0. The van der Waals surface area contributed by atoms with E-state index in [-0.39, 0.29) is 0 Å². The van der Waals surface area contributed by atoms with E-state index in [4.69, 9.17) is 10.3 Å². The van der Waals surface area contributed by atoms with Crippen molar-refractivity contribution in [3.05, 3.63) is 30.1 Å². The molecule has 0 saturated heterocycles. The van der Waals surface area contributed by atoms with E-state index in [0.29, 0.717) is 11.6 Å². The van der Waals surface area contributed by atoms with E-state index < -0.39 is 0 Å². The first-order valence-corrected chi connectivity index (χ1v) is 3.91. The number of nitrogens with two attached hydrogens (primary N) is 1. The highest BCUT2D eigenvalue weighted by Crippen LogP contribution is 2.22. The van der Waals surface area contributed by atoms with E-state index in [2.05, 4.69) is 10.1 Å². The summed E-state index contributed by atoms with van der Waals surface area (Å²) in [5, 5.41) is 3.61. The summed E-state index contributed by atoms with van der Waals surface area (Å²) in [6.07, 6.45) is 1.73. The average molecular weight is 175 g/mol. The minimum absolute atomic E-state index is 0.387. The van der Waals surface area contributed by atoms with E-state index >= 15 is 0 Å². The normalized spacial score (nSPS) is 10.2. The lowest BCUT2D eigenvalue weighted by molar-refractivity contribution is 0.435. The van der Waals surface area contributed by atoms with Gasteiger partial charge in [-0.1, -0.05) is 5.16 Å². The molecule has 0 aromatic carbocycles. The highest BCUT2D eigenvalue weighted by Gasteiger charge is 2.06. The number of aromatic nitrogens is 2. The molecule has 0 unspecified atom stereocenters. The molecule has 4 heteroatoms. The summed E-state index contributed by atoms with van der Waals surface area (Å²) in [4.78, 5) is 4.14. The lowest BCUT2D eigenvalue weighted by Crippen LogP contribution is -1.84. The third-order valence-corrected chi connectivity index (χ3v) is 1.80. The SMILES string of the molecule is Cc1ncccc1-c1cc(N)no1. The van der Waals surface area contributed by atoms with E-state index in [0.717, 1.165) is 11.3 Å². The van der Waals surface area contributed by atoms with Crippen LogP contribution in [0.1, 0.15) is 5.69 Å². The molecule has 4 nitrogen and oxygen atoms in total. The van der Waals surface area contributed by atoms with Crippen LogP contribution in [0.4, 0.5) is 5.82 Å². The molecule has 13 heavy (non-hydrogen) atoms. The van der Waals surface area contributed by atoms with Crippen LogP contribution >= 0.6 is 0 Å². The lowest BCUT2D eigenvalue weighted by atomic mass is 10.1. The quantitative estimate of drug-likeness (QED) is 0.715. The van der Waals surface area contributed by atoms with E-state index in [1.807, 2.05) is 19.1 Å². The van der Waals surface area contributed by atoms with Crippen LogP contribution in [0.5, 0.6) is 0 Å². The largest absolute Gasteiger partial charge is 0.381 e. The third kappa shape index (κ3) is 1.38. The zero-order valence-electron chi connectivity index (χ0n) is 7.19. The van der Waals surface area contributed by atoms with Gasteiger partial charge in [-0.15, -0.1) is 0 Å². The van der Waals surface area contributed by atoms with Crippen LogP contribution in [0.25, 0.3) is 11.3 Å². The fraction of sp³-hybridized carbons (Fsp3) is 0.111. The highest BCUT2D eigenvalue weighted by atomic mass is 16.5. The minimum Gasteiger partial charge on any atom is -0.381 e. The standard InChI is InChI=1S/C9H9N3O/c1-6-7(3-2-4-11-6)8-5-9(10)12-13-8/h2-5H,1H3,(H2,10,12). The van der Waals surface area contributed by atoms with Crippen LogP contribution in [0.15, 0.2) is 28.9 Å². The minimum atomic E-state index is 0.387. The molecule has 2 aromatic rings. The van der Waals surface area contributed by atoms with Crippen molar-refractivity contribution in [1.82, 2.24) is 10.1 Å². The number of hydrogen-bond acceptors (Lipinski definition) is 4. The first-order chi connectivity index (χ1) is 6.27. The van der Waals surface area contributed by atoms with Gasteiger partial charge in [0.15, 0.2) is 11.6 Å². The van der Waals surface area contributed by atoms with Crippen molar-refractivity contribution in [2.45, 2.75) is 6.92 Å². The summed E-state index contributed by atoms with van der Waals surface area (Å²) in [6.45, 7) is 1.91. The van der Waals surface area contributed by atoms with Gasteiger partial charge >= 0.3 is 0 Å². The topological polar surface area (TPSA) is 64.9 Å². The molecule has 0 aliphatic rings. The monoisotopic (exact) mass is 175 g/mol. The molecule has 0 spiro atoms. The van der Waals surface area contributed by atoms with Crippen LogP contribution in [-0.2, 0) is 0 Å². The van der Waals surface area contributed by atoms with E-state index in [1.54, 1.807) is 12.3 Å². The number of nitrogen functional groups attached to an aromatic ring is 1. The van der Waals surface area contributed by atoms with Crippen molar-refractivity contribution in [3.63, 3.8) is 0 Å². The Balaban J connectivity index is 2.52. The molecule has 2 N–H and O–H groups in total. The first-order valence-electron chi connectivity index (χ1n) is 3.91. The van der Waals surface area contributed by atoms with Crippen LogP contribution < -0.4 is 5.73 Å². The van der Waals surface area contributed by atoms with Gasteiger partial charge in [-0.25, -0.2) is 0 Å². The van der Waals surface area contributed by atoms with Gasteiger partial charge in [0.1, 0.15) is 0 Å². The van der Waals surface area contributed by atoms with Gasteiger partial charge in [0.25, 0.3) is 0 Å². The zero-order chi connectivity index (χ0) is 9.26. The Labute approximate surface area is 75.4 Å². The summed E-state index contributed by atoms with van der Waals surface area (Å²) in [5.41, 5.74) is 7.27. The van der Waals surface area contributed by atoms with Crippen molar-refractivity contribution in [1.29, 1.82) is 0 Å². The second-order valence-electron chi connectivity index (χ2n) is 2.75. The van der Waals surface area contributed by atoms with Crippen molar-refractivity contribution in [2.75, 3.05) is 5.73 Å². The molecule has 2 aromatic heterocycles. The molecule has 0 fully saturated rings. The molecule has 2 heterocycles. The smallest absolute Gasteiger partial charge is 0.170 e. The average Bonchev–Trinajstić information content (AvgIpc) is 2.53. The predicted molar refractivity (Wildman–Crippen MR) is 48.9 cm³/mol. The van der Waals surface area contributed by atoms with Gasteiger partial charge in [-0.2, -0.15) is 0 Å². The number of hydrogen-bond donors (Lipinski definition) is 1. The number of nitrogens with zero attached hydrogens (tertiary/aromatic N) is 2. The summed E-state index contributed by atoms with van der Waals surface area (Å²) in [5.74, 6) is 1.04. The van der Waals surface area contributed by atoms with Gasteiger partial charge in [0.05, 0.1) is 0 Å². The van der Waals surface area contributed by atoms with Gasteiger partial charge < -0.3 is 10.3 Å². The van der Waals surface area contributed by atoms with Crippen molar-refractivity contribution in [2.24, 2.45) is 0 Å².